The quantitative estimate of drug-likeness (QED) is 0.661. The van der Waals surface area contributed by atoms with E-state index in [1.165, 1.54) is 11.1 Å². The lowest BCUT2D eigenvalue weighted by atomic mass is 10.0. The molecular formula is C11H15N. The Morgan fingerprint density at radius 2 is 1.83 bits per heavy atom. The minimum atomic E-state index is 0.645. The molecule has 1 aliphatic rings. The number of nitrogens with one attached hydrogen (secondary N) is 1. The predicted molar refractivity (Wildman–Crippen MR) is 51.3 cm³/mol. The van der Waals surface area contributed by atoms with Crippen molar-refractivity contribution in [2.75, 3.05) is 6.54 Å². The van der Waals surface area contributed by atoms with Crippen molar-refractivity contribution in [2.45, 2.75) is 25.8 Å². The van der Waals surface area contributed by atoms with Crippen LogP contribution in [0.4, 0.5) is 0 Å². The molecule has 1 atom stereocenters. The minimum absolute atomic E-state index is 0.645. The van der Waals surface area contributed by atoms with Crippen LogP contribution in [0, 0.1) is 0 Å². The summed E-state index contributed by atoms with van der Waals surface area (Å²) in [6, 6.07) is 9.59. The molecule has 2 rings (SSSR count). The van der Waals surface area contributed by atoms with Gasteiger partial charge in [-0.2, -0.15) is 0 Å². The smallest absolute Gasteiger partial charge is 0.0447 e. The van der Waals surface area contributed by atoms with Crippen molar-refractivity contribution in [3.8, 4) is 0 Å². The molecule has 1 heterocycles. The van der Waals surface area contributed by atoms with Gasteiger partial charge in [0.15, 0.2) is 0 Å². The molecule has 0 radical (unpaired) electrons. The van der Waals surface area contributed by atoms with Crippen molar-refractivity contribution in [2.24, 2.45) is 0 Å². The first-order chi connectivity index (χ1) is 5.77. The van der Waals surface area contributed by atoms with E-state index in [9.17, 15) is 0 Å². The topological polar surface area (TPSA) is 21.9 Å². The highest BCUT2D eigenvalue weighted by Gasteiger charge is 2.21. The van der Waals surface area contributed by atoms with E-state index in [-0.39, 0.29) is 0 Å². The summed E-state index contributed by atoms with van der Waals surface area (Å²) in [5.74, 6) is 0.645. The minimum Gasteiger partial charge on any atom is -0.307 e. The molecule has 0 bridgehead atoms. The van der Waals surface area contributed by atoms with Gasteiger partial charge in [0.1, 0.15) is 0 Å². The Kier molecular flexibility index (Phi) is 1.89. The van der Waals surface area contributed by atoms with Crippen LogP contribution in [0.3, 0.4) is 0 Å². The number of rotatable bonds is 2. The predicted octanol–water partition coefficient (Wildman–Crippen LogP) is 2.45. The fourth-order valence-electron chi connectivity index (χ4n) is 1.41. The first kappa shape index (κ1) is 7.81. The zero-order valence-corrected chi connectivity index (χ0v) is 7.67. The lowest BCUT2D eigenvalue weighted by Crippen LogP contribution is -1.89. The van der Waals surface area contributed by atoms with Gasteiger partial charge in [0, 0.05) is 12.6 Å². The summed E-state index contributed by atoms with van der Waals surface area (Å²) >= 11 is 0. The third kappa shape index (κ3) is 1.51. The molecule has 1 nitrogen and oxygen atoms in total. The van der Waals surface area contributed by atoms with E-state index in [0.717, 1.165) is 6.54 Å². The molecule has 1 fully saturated rings. The van der Waals surface area contributed by atoms with E-state index in [1.807, 2.05) is 0 Å². The standard InChI is InChI=1S/C11H15N/c1-8(2)9-3-5-10(6-4-9)11-7-12-11/h3-6,8,11-12H,7H2,1-2H3/t11-/m1/s1. The molecule has 1 aliphatic heterocycles. The molecule has 1 saturated heterocycles. The Morgan fingerprint density at radius 3 is 2.25 bits per heavy atom. The Hall–Kier alpha value is -0.820. The van der Waals surface area contributed by atoms with Crippen LogP contribution >= 0.6 is 0 Å². The van der Waals surface area contributed by atoms with E-state index < -0.39 is 0 Å². The van der Waals surface area contributed by atoms with Crippen molar-refractivity contribution in [3.63, 3.8) is 0 Å². The van der Waals surface area contributed by atoms with Crippen LogP contribution in [0.15, 0.2) is 24.3 Å². The van der Waals surface area contributed by atoms with Crippen molar-refractivity contribution in [1.29, 1.82) is 0 Å². The highest BCUT2D eigenvalue weighted by molar-refractivity contribution is 5.29. The fraction of sp³-hybridized carbons (Fsp3) is 0.455. The Balaban J connectivity index is 2.18. The van der Waals surface area contributed by atoms with Crippen LogP contribution < -0.4 is 5.32 Å². The molecule has 12 heavy (non-hydrogen) atoms. The first-order valence-corrected chi connectivity index (χ1v) is 4.60. The lowest BCUT2D eigenvalue weighted by Gasteiger charge is -2.05. The van der Waals surface area contributed by atoms with E-state index in [0.29, 0.717) is 12.0 Å². The van der Waals surface area contributed by atoms with Gasteiger partial charge in [-0.15, -0.1) is 0 Å². The second kappa shape index (κ2) is 2.91. The molecule has 0 spiro atoms. The maximum atomic E-state index is 3.30. The zero-order valence-electron chi connectivity index (χ0n) is 7.67. The molecule has 0 saturated carbocycles. The number of benzene rings is 1. The summed E-state index contributed by atoms with van der Waals surface area (Å²) in [5.41, 5.74) is 2.86. The van der Waals surface area contributed by atoms with E-state index >= 15 is 0 Å². The molecule has 1 aromatic rings. The molecule has 1 heteroatoms. The number of hydrogen-bond donors (Lipinski definition) is 1. The molecule has 0 amide bonds. The van der Waals surface area contributed by atoms with E-state index in [1.54, 1.807) is 0 Å². The van der Waals surface area contributed by atoms with Crippen LogP contribution in [0.2, 0.25) is 0 Å². The maximum absolute atomic E-state index is 3.30. The monoisotopic (exact) mass is 161 g/mol. The molecule has 0 unspecified atom stereocenters. The average molecular weight is 161 g/mol. The summed E-state index contributed by atoms with van der Waals surface area (Å²) in [6.07, 6.45) is 0. The van der Waals surface area contributed by atoms with E-state index in [4.69, 9.17) is 0 Å². The molecule has 1 N–H and O–H groups in total. The Bertz CT molecular complexity index is 236. The molecular weight excluding hydrogens is 146 g/mol. The summed E-state index contributed by atoms with van der Waals surface area (Å²) in [5, 5.41) is 3.30. The highest BCUT2D eigenvalue weighted by atomic mass is 15.1. The van der Waals surface area contributed by atoms with Gasteiger partial charge in [-0.1, -0.05) is 38.1 Å². The summed E-state index contributed by atoms with van der Waals surface area (Å²) < 4.78 is 0. The summed E-state index contributed by atoms with van der Waals surface area (Å²) in [4.78, 5) is 0. The summed E-state index contributed by atoms with van der Waals surface area (Å²) in [6.45, 7) is 5.61. The van der Waals surface area contributed by atoms with Gasteiger partial charge in [0.25, 0.3) is 0 Å². The average Bonchev–Trinajstić information content (AvgIpc) is 2.87. The normalized spacial score (nSPS) is 21.4. The molecule has 1 aromatic carbocycles. The second-order valence-corrected chi connectivity index (χ2v) is 3.78. The van der Waals surface area contributed by atoms with Gasteiger partial charge in [-0.3, -0.25) is 0 Å². The van der Waals surface area contributed by atoms with Crippen molar-refractivity contribution in [1.82, 2.24) is 5.32 Å². The van der Waals surface area contributed by atoms with Crippen molar-refractivity contribution >= 4 is 0 Å². The summed E-state index contributed by atoms with van der Waals surface area (Å²) in [7, 11) is 0. The van der Waals surface area contributed by atoms with Crippen LogP contribution in [-0.4, -0.2) is 6.54 Å². The van der Waals surface area contributed by atoms with Crippen LogP contribution in [0.1, 0.15) is 36.9 Å². The van der Waals surface area contributed by atoms with Gasteiger partial charge in [0.2, 0.25) is 0 Å². The van der Waals surface area contributed by atoms with Crippen molar-refractivity contribution < 1.29 is 0 Å². The van der Waals surface area contributed by atoms with Gasteiger partial charge in [-0.05, 0) is 17.0 Å². The highest BCUT2D eigenvalue weighted by Crippen LogP contribution is 2.23. The second-order valence-electron chi connectivity index (χ2n) is 3.78. The maximum Gasteiger partial charge on any atom is 0.0447 e. The van der Waals surface area contributed by atoms with Crippen LogP contribution in [0.5, 0.6) is 0 Å². The van der Waals surface area contributed by atoms with Crippen molar-refractivity contribution in [3.05, 3.63) is 35.4 Å². The first-order valence-electron chi connectivity index (χ1n) is 4.60. The third-order valence-corrected chi connectivity index (χ3v) is 2.41. The van der Waals surface area contributed by atoms with Gasteiger partial charge in [-0.25, -0.2) is 0 Å². The lowest BCUT2D eigenvalue weighted by molar-refractivity contribution is 0.864. The van der Waals surface area contributed by atoms with Gasteiger partial charge < -0.3 is 5.32 Å². The fourth-order valence-corrected chi connectivity index (χ4v) is 1.41. The molecule has 64 valence electrons. The van der Waals surface area contributed by atoms with Crippen LogP contribution in [0.25, 0.3) is 0 Å². The van der Waals surface area contributed by atoms with Gasteiger partial charge >= 0.3 is 0 Å². The molecule has 0 aliphatic carbocycles. The number of hydrogen-bond acceptors (Lipinski definition) is 1. The largest absolute Gasteiger partial charge is 0.307 e. The Morgan fingerprint density at radius 1 is 1.25 bits per heavy atom. The van der Waals surface area contributed by atoms with Gasteiger partial charge in [0.05, 0.1) is 0 Å². The zero-order chi connectivity index (χ0) is 8.55. The molecule has 0 aromatic heterocycles. The van der Waals surface area contributed by atoms with Crippen LogP contribution in [-0.2, 0) is 0 Å². The third-order valence-electron chi connectivity index (χ3n) is 2.41. The Labute approximate surface area is 73.8 Å². The van der Waals surface area contributed by atoms with E-state index in [2.05, 4.69) is 43.4 Å². The SMILES string of the molecule is CC(C)c1ccc([C@H]2CN2)cc1.